The Kier molecular flexibility index (Phi) is 6.59. The summed E-state index contributed by atoms with van der Waals surface area (Å²) in [7, 11) is 3.93. The molecule has 1 heterocycles. The third-order valence-corrected chi connectivity index (χ3v) is 3.42. The molecule has 2 amide bonds. The van der Waals surface area contributed by atoms with Gasteiger partial charge in [0.2, 0.25) is 0 Å². The molecule has 1 aromatic carbocycles. The number of hydrogen-bond acceptors (Lipinski definition) is 4. The molecule has 6 nitrogen and oxygen atoms in total. The minimum Gasteiger partial charge on any atom is -0.351 e. The van der Waals surface area contributed by atoms with Gasteiger partial charge in [0.05, 0.1) is 0 Å². The van der Waals surface area contributed by atoms with E-state index in [0.717, 1.165) is 13.0 Å². The van der Waals surface area contributed by atoms with E-state index in [-0.39, 0.29) is 17.4 Å². The molecule has 7 heteroatoms. The summed E-state index contributed by atoms with van der Waals surface area (Å²) in [5, 5.41) is 5.42. The van der Waals surface area contributed by atoms with Gasteiger partial charge in [0.25, 0.3) is 11.8 Å². The van der Waals surface area contributed by atoms with Crippen molar-refractivity contribution in [2.75, 3.05) is 32.5 Å². The number of anilines is 1. The van der Waals surface area contributed by atoms with E-state index in [1.165, 1.54) is 42.6 Å². The zero-order valence-electron chi connectivity index (χ0n) is 14.3. The van der Waals surface area contributed by atoms with E-state index in [4.69, 9.17) is 0 Å². The topological polar surface area (TPSA) is 74.3 Å². The second-order valence-electron chi connectivity index (χ2n) is 5.80. The Balaban J connectivity index is 1.96. The van der Waals surface area contributed by atoms with Crippen LogP contribution in [0.1, 0.15) is 27.3 Å². The molecule has 0 bridgehead atoms. The van der Waals surface area contributed by atoms with Crippen molar-refractivity contribution in [3.8, 4) is 0 Å². The van der Waals surface area contributed by atoms with Crippen molar-refractivity contribution in [2.24, 2.45) is 0 Å². The molecule has 132 valence electrons. The number of carbonyl (C=O) groups excluding carboxylic acids is 2. The predicted molar refractivity (Wildman–Crippen MR) is 94.1 cm³/mol. The molecule has 0 fully saturated rings. The first-order chi connectivity index (χ1) is 12.0. The smallest absolute Gasteiger partial charge is 0.269 e. The average molecular weight is 344 g/mol. The first kappa shape index (κ1) is 18.5. The minimum atomic E-state index is -0.393. The summed E-state index contributed by atoms with van der Waals surface area (Å²) in [6.45, 7) is 1.40. The second kappa shape index (κ2) is 8.89. The molecule has 0 atom stereocenters. The molecule has 0 saturated carbocycles. The van der Waals surface area contributed by atoms with Gasteiger partial charge in [-0.1, -0.05) is 0 Å². The lowest BCUT2D eigenvalue weighted by molar-refractivity contribution is 0.0947. The number of hydrogen-bond donors (Lipinski definition) is 2. The van der Waals surface area contributed by atoms with Crippen molar-refractivity contribution in [3.05, 3.63) is 59.7 Å². The highest BCUT2D eigenvalue weighted by Crippen LogP contribution is 2.11. The monoisotopic (exact) mass is 344 g/mol. The maximum absolute atomic E-state index is 12.9. The highest BCUT2D eigenvalue weighted by atomic mass is 19.1. The average Bonchev–Trinajstić information content (AvgIpc) is 2.60. The first-order valence-electron chi connectivity index (χ1n) is 7.91. The molecule has 25 heavy (non-hydrogen) atoms. The Morgan fingerprint density at radius 1 is 1.12 bits per heavy atom. The Labute approximate surface area is 146 Å². The van der Waals surface area contributed by atoms with Crippen LogP contribution in [-0.4, -0.2) is 48.9 Å². The quantitative estimate of drug-likeness (QED) is 0.755. The van der Waals surface area contributed by atoms with E-state index in [0.29, 0.717) is 17.8 Å². The third kappa shape index (κ3) is 5.96. The third-order valence-electron chi connectivity index (χ3n) is 3.42. The number of nitrogens with zero attached hydrogens (tertiary/aromatic N) is 2. The number of halogens is 1. The molecule has 0 aliphatic carbocycles. The number of rotatable bonds is 7. The summed E-state index contributed by atoms with van der Waals surface area (Å²) in [6.07, 6.45) is 2.23. The molecule has 2 aromatic rings. The Morgan fingerprint density at radius 3 is 2.52 bits per heavy atom. The summed E-state index contributed by atoms with van der Waals surface area (Å²) in [5.74, 6) is -1.10. The molecular weight excluding hydrogens is 323 g/mol. The van der Waals surface area contributed by atoms with Crippen LogP contribution in [0.25, 0.3) is 0 Å². The number of aromatic nitrogens is 1. The van der Waals surface area contributed by atoms with Gasteiger partial charge in [0.15, 0.2) is 0 Å². The molecular formula is C18H21FN4O2. The van der Waals surface area contributed by atoms with Crippen LogP contribution < -0.4 is 10.6 Å². The van der Waals surface area contributed by atoms with Gasteiger partial charge in [-0.05, 0) is 63.5 Å². The molecule has 0 radical (unpaired) electrons. The summed E-state index contributed by atoms with van der Waals surface area (Å²) in [6, 6.07) is 8.39. The fourth-order valence-electron chi connectivity index (χ4n) is 2.12. The predicted octanol–water partition coefficient (Wildman–Crippen LogP) is 2.15. The second-order valence-corrected chi connectivity index (χ2v) is 5.80. The van der Waals surface area contributed by atoms with Crippen molar-refractivity contribution < 1.29 is 14.0 Å². The SMILES string of the molecule is CN(C)CCCNC(=O)c1cc(C(=O)Nc2ccc(F)cc2)ccn1. The van der Waals surface area contributed by atoms with Crippen LogP contribution in [0.2, 0.25) is 0 Å². The highest BCUT2D eigenvalue weighted by molar-refractivity contribution is 6.05. The van der Waals surface area contributed by atoms with Gasteiger partial charge in [0, 0.05) is 24.0 Å². The number of pyridine rings is 1. The van der Waals surface area contributed by atoms with Crippen LogP contribution >= 0.6 is 0 Å². The highest BCUT2D eigenvalue weighted by Gasteiger charge is 2.12. The van der Waals surface area contributed by atoms with Gasteiger partial charge in [-0.15, -0.1) is 0 Å². The maximum atomic E-state index is 12.9. The van der Waals surface area contributed by atoms with E-state index >= 15 is 0 Å². The zero-order chi connectivity index (χ0) is 18.2. The molecule has 1 aromatic heterocycles. The van der Waals surface area contributed by atoms with Crippen molar-refractivity contribution in [1.29, 1.82) is 0 Å². The van der Waals surface area contributed by atoms with Crippen LogP contribution in [0.5, 0.6) is 0 Å². The molecule has 0 saturated heterocycles. The largest absolute Gasteiger partial charge is 0.351 e. The molecule has 0 aliphatic heterocycles. The lowest BCUT2D eigenvalue weighted by Crippen LogP contribution is -2.28. The van der Waals surface area contributed by atoms with Crippen LogP contribution in [0.15, 0.2) is 42.6 Å². The van der Waals surface area contributed by atoms with Crippen molar-refractivity contribution in [3.63, 3.8) is 0 Å². The van der Waals surface area contributed by atoms with E-state index in [9.17, 15) is 14.0 Å². The molecule has 2 N–H and O–H groups in total. The Hall–Kier alpha value is -2.80. The van der Waals surface area contributed by atoms with Crippen LogP contribution in [0.4, 0.5) is 10.1 Å². The standard InChI is InChI=1S/C18H21FN4O2/c1-23(2)11-3-9-21-18(25)16-12-13(8-10-20-16)17(24)22-15-6-4-14(19)5-7-15/h4-8,10,12H,3,9,11H2,1-2H3,(H,21,25)(H,22,24). The molecule has 2 rings (SSSR count). The summed E-state index contributed by atoms with van der Waals surface area (Å²) < 4.78 is 12.9. The van der Waals surface area contributed by atoms with E-state index in [1.807, 2.05) is 19.0 Å². The Morgan fingerprint density at radius 2 is 1.84 bits per heavy atom. The van der Waals surface area contributed by atoms with Crippen LogP contribution in [-0.2, 0) is 0 Å². The lowest BCUT2D eigenvalue weighted by Gasteiger charge is -2.10. The Bertz CT molecular complexity index is 732. The van der Waals surface area contributed by atoms with Gasteiger partial charge in [-0.3, -0.25) is 14.6 Å². The van der Waals surface area contributed by atoms with Gasteiger partial charge in [-0.25, -0.2) is 4.39 Å². The minimum absolute atomic E-state index is 0.177. The van der Waals surface area contributed by atoms with E-state index < -0.39 is 5.91 Å². The number of nitrogens with one attached hydrogen (secondary N) is 2. The number of amides is 2. The lowest BCUT2D eigenvalue weighted by atomic mass is 10.2. The van der Waals surface area contributed by atoms with Gasteiger partial charge >= 0.3 is 0 Å². The van der Waals surface area contributed by atoms with Crippen LogP contribution in [0.3, 0.4) is 0 Å². The first-order valence-corrected chi connectivity index (χ1v) is 7.91. The molecule has 0 aliphatic rings. The van der Waals surface area contributed by atoms with Crippen molar-refractivity contribution in [1.82, 2.24) is 15.2 Å². The fourth-order valence-corrected chi connectivity index (χ4v) is 2.12. The summed E-state index contributed by atoms with van der Waals surface area (Å²) >= 11 is 0. The number of benzene rings is 1. The molecule has 0 spiro atoms. The molecule has 0 unspecified atom stereocenters. The zero-order valence-corrected chi connectivity index (χ0v) is 14.3. The van der Waals surface area contributed by atoms with Crippen molar-refractivity contribution >= 4 is 17.5 Å². The summed E-state index contributed by atoms with van der Waals surface area (Å²) in [5.41, 5.74) is 0.951. The number of carbonyl (C=O) groups is 2. The van der Waals surface area contributed by atoms with Gasteiger partial charge < -0.3 is 15.5 Å². The van der Waals surface area contributed by atoms with Crippen LogP contribution in [0, 0.1) is 5.82 Å². The normalized spacial score (nSPS) is 10.6. The van der Waals surface area contributed by atoms with E-state index in [2.05, 4.69) is 15.6 Å². The van der Waals surface area contributed by atoms with Gasteiger partial charge in [0.1, 0.15) is 11.5 Å². The summed E-state index contributed by atoms with van der Waals surface area (Å²) in [4.78, 5) is 30.4. The van der Waals surface area contributed by atoms with Crippen molar-refractivity contribution in [2.45, 2.75) is 6.42 Å². The van der Waals surface area contributed by atoms with Gasteiger partial charge in [-0.2, -0.15) is 0 Å². The van der Waals surface area contributed by atoms with E-state index in [1.54, 1.807) is 0 Å². The maximum Gasteiger partial charge on any atom is 0.269 e. The fraction of sp³-hybridized carbons (Fsp3) is 0.278.